The molecule has 3 rings (SSSR count). The molecule has 0 aliphatic heterocycles. The summed E-state index contributed by atoms with van der Waals surface area (Å²) < 4.78 is 5.89. The van der Waals surface area contributed by atoms with Crippen molar-refractivity contribution >= 4 is 23.4 Å². The van der Waals surface area contributed by atoms with Gasteiger partial charge in [0.2, 0.25) is 0 Å². The van der Waals surface area contributed by atoms with Crippen LogP contribution < -0.4 is 10.5 Å². The van der Waals surface area contributed by atoms with E-state index in [1.165, 1.54) is 0 Å². The van der Waals surface area contributed by atoms with E-state index in [1.807, 2.05) is 72.8 Å². The van der Waals surface area contributed by atoms with Crippen molar-refractivity contribution in [2.24, 2.45) is 5.73 Å². The van der Waals surface area contributed by atoms with Gasteiger partial charge in [0, 0.05) is 14.8 Å². The number of ether oxygens (including phenoxy) is 1. The third-order valence-electron chi connectivity index (χ3n) is 4.57. The van der Waals surface area contributed by atoms with E-state index in [1.54, 1.807) is 11.8 Å². The van der Waals surface area contributed by atoms with Gasteiger partial charge in [-0.2, -0.15) is 0 Å². The Morgan fingerprint density at radius 2 is 1.55 bits per heavy atom. The number of aliphatic hydroxyl groups excluding tert-OH is 2. The Labute approximate surface area is 180 Å². The van der Waals surface area contributed by atoms with Gasteiger partial charge in [0.25, 0.3) is 0 Å². The molecule has 0 heterocycles. The first kappa shape index (κ1) is 21.7. The first-order valence-electron chi connectivity index (χ1n) is 9.31. The largest absolute Gasteiger partial charge is 0.457 e. The van der Waals surface area contributed by atoms with E-state index in [2.05, 4.69) is 0 Å². The minimum absolute atomic E-state index is 0.267. The van der Waals surface area contributed by atoms with Crippen molar-refractivity contribution in [1.82, 2.24) is 0 Å². The molecular formula is C23H24ClNO3S. The fraction of sp³-hybridized carbons (Fsp3) is 0.217. The van der Waals surface area contributed by atoms with Crippen LogP contribution in [0.5, 0.6) is 11.5 Å². The average Bonchev–Trinajstić information content (AvgIpc) is 2.74. The molecule has 3 aromatic carbocycles. The van der Waals surface area contributed by atoms with E-state index in [-0.39, 0.29) is 13.2 Å². The summed E-state index contributed by atoms with van der Waals surface area (Å²) in [7, 11) is 0. The lowest BCUT2D eigenvalue weighted by Gasteiger charge is -2.24. The van der Waals surface area contributed by atoms with E-state index < -0.39 is 5.54 Å². The van der Waals surface area contributed by atoms with Crippen LogP contribution >= 0.6 is 23.4 Å². The number of nitrogens with two attached hydrogens (primary N) is 1. The molecule has 0 amide bonds. The van der Waals surface area contributed by atoms with Crippen molar-refractivity contribution in [2.45, 2.75) is 28.2 Å². The Bertz CT molecular complexity index is 932. The number of hydrogen-bond donors (Lipinski definition) is 3. The molecule has 0 aliphatic rings. The maximum Gasteiger partial charge on any atom is 0.128 e. The number of benzene rings is 3. The van der Waals surface area contributed by atoms with Crippen molar-refractivity contribution in [3.63, 3.8) is 0 Å². The second-order valence-electron chi connectivity index (χ2n) is 6.92. The van der Waals surface area contributed by atoms with Crippen LogP contribution in [0.4, 0.5) is 0 Å². The lowest BCUT2D eigenvalue weighted by molar-refractivity contribution is 0.115. The number of hydrogen-bond acceptors (Lipinski definition) is 5. The first-order chi connectivity index (χ1) is 14.0. The minimum Gasteiger partial charge on any atom is -0.457 e. The van der Waals surface area contributed by atoms with E-state index in [4.69, 9.17) is 22.1 Å². The van der Waals surface area contributed by atoms with Crippen LogP contribution in [0.15, 0.2) is 82.6 Å². The standard InChI is InChI=1S/C23H24ClNO3S/c24-22-14-21(10-9-17(22)11-12-23(25,15-26)16-27)29-20-8-4-7-19(13-20)28-18-5-2-1-3-6-18/h1-10,13-14,26-27H,11-12,15-16,25H2. The normalized spacial score (nSPS) is 11.4. The molecule has 0 aliphatic carbocycles. The molecule has 0 saturated carbocycles. The zero-order valence-electron chi connectivity index (χ0n) is 15.9. The summed E-state index contributed by atoms with van der Waals surface area (Å²) in [4.78, 5) is 2.06. The van der Waals surface area contributed by atoms with Crippen molar-refractivity contribution in [3.05, 3.63) is 83.4 Å². The number of halogens is 1. The van der Waals surface area contributed by atoms with Gasteiger partial charge in [0.15, 0.2) is 0 Å². The molecule has 0 saturated heterocycles. The van der Waals surface area contributed by atoms with E-state index in [9.17, 15) is 10.2 Å². The molecule has 0 spiro atoms. The SMILES string of the molecule is NC(CO)(CO)CCc1ccc(Sc2cccc(Oc3ccccc3)c2)cc1Cl. The average molecular weight is 430 g/mol. The lowest BCUT2D eigenvalue weighted by atomic mass is 9.94. The van der Waals surface area contributed by atoms with Crippen LogP contribution in [0, 0.1) is 0 Å². The topological polar surface area (TPSA) is 75.7 Å². The maximum absolute atomic E-state index is 9.32. The Kier molecular flexibility index (Phi) is 7.58. The predicted molar refractivity (Wildman–Crippen MR) is 118 cm³/mol. The van der Waals surface area contributed by atoms with Gasteiger partial charge in [0.05, 0.1) is 18.8 Å². The fourth-order valence-electron chi connectivity index (χ4n) is 2.75. The summed E-state index contributed by atoms with van der Waals surface area (Å²) in [6, 6.07) is 23.5. The highest BCUT2D eigenvalue weighted by Gasteiger charge is 2.23. The zero-order chi connectivity index (χ0) is 20.7. The molecule has 152 valence electrons. The molecule has 0 atom stereocenters. The van der Waals surface area contributed by atoms with E-state index in [0.29, 0.717) is 17.9 Å². The monoisotopic (exact) mass is 429 g/mol. The number of aliphatic hydroxyl groups is 2. The van der Waals surface area contributed by atoms with Gasteiger partial charge in [-0.3, -0.25) is 0 Å². The molecule has 4 N–H and O–H groups in total. The van der Waals surface area contributed by atoms with Crippen molar-refractivity contribution in [2.75, 3.05) is 13.2 Å². The number of aryl methyl sites for hydroxylation is 1. The van der Waals surface area contributed by atoms with Crippen LogP contribution in [-0.2, 0) is 6.42 Å². The first-order valence-corrected chi connectivity index (χ1v) is 10.5. The number of para-hydroxylation sites is 1. The van der Waals surface area contributed by atoms with Crippen LogP contribution in [-0.4, -0.2) is 29.0 Å². The van der Waals surface area contributed by atoms with Gasteiger partial charge in [-0.25, -0.2) is 0 Å². The molecule has 0 bridgehead atoms. The highest BCUT2D eigenvalue weighted by molar-refractivity contribution is 7.99. The summed E-state index contributed by atoms with van der Waals surface area (Å²) >= 11 is 8.04. The molecule has 0 fully saturated rings. The molecular weight excluding hydrogens is 406 g/mol. The van der Waals surface area contributed by atoms with E-state index >= 15 is 0 Å². The third kappa shape index (κ3) is 6.23. The highest BCUT2D eigenvalue weighted by Crippen LogP contribution is 2.34. The fourth-order valence-corrected chi connectivity index (χ4v) is 3.99. The third-order valence-corrected chi connectivity index (χ3v) is 5.90. The predicted octanol–water partition coefficient (Wildman–Crippen LogP) is 4.90. The summed E-state index contributed by atoms with van der Waals surface area (Å²) in [5, 5.41) is 19.3. The lowest BCUT2D eigenvalue weighted by Crippen LogP contribution is -2.47. The second kappa shape index (κ2) is 10.1. The highest BCUT2D eigenvalue weighted by atomic mass is 35.5. The summed E-state index contributed by atoms with van der Waals surface area (Å²) in [5.74, 6) is 1.57. The Hall–Kier alpha value is -2.02. The van der Waals surface area contributed by atoms with Gasteiger partial charge in [-0.1, -0.05) is 53.7 Å². The van der Waals surface area contributed by atoms with Crippen LogP contribution in [0.2, 0.25) is 5.02 Å². The van der Waals surface area contributed by atoms with Crippen molar-refractivity contribution in [3.8, 4) is 11.5 Å². The summed E-state index contributed by atoms with van der Waals surface area (Å²) in [6.45, 7) is -0.535. The smallest absolute Gasteiger partial charge is 0.128 e. The van der Waals surface area contributed by atoms with Crippen molar-refractivity contribution < 1.29 is 14.9 Å². The molecule has 3 aromatic rings. The molecule has 0 unspecified atom stereocenters. The molecule has 0 radical (unpaired) electrons. The Morgan fingerprint density at radius 1 is 0.862 bits per heavy atom. The minimum atomic E-state index is -0.990. The second-order valence-corrected chi connectivity index (χ2v) is 8.48. The van der Waals surface area contributed by atoms with Crippen LogP contribution in [0.25, 0.3) is 0 Å². The van der Waals surface area contributed by atoms with Gasteiger partial charge in [-0.05, 0) is 60.9 Å². The van der Waals surface area contributed by atoms with Gasteiger partial charge in [0.1, 0.15) is 11.5 Å². The molecule has 4 nitrogen and oxygen atoms in total. The Balaban J connectivity index is 1.66. The van der Waals surface area contributed by atoms with Gasteiger partial charge < -0.3 is 20.7 Å². The quantitative estimate of drug-likeness (QED) is 0.451. The number of rotatable bonds is 9. The Morgan fingerprint density at radius 3 is 2.24 bits per heavy atom. The van der Waals surface area contributed by atoms with Crippen LogP contribution in [0.1, 0.15) is 12.0 Å². The maximum atomic E-state index is 9.32. The molecule has 29 heavy (non-hydrogen) atoms. The van der Waals surface area contributed by atoms with E-state index in [0.717, 1.165) is 26.9 Å². The molecule has 0 aromatic heterocycles. The summed E-state index contributed by atoms with van der Waals surface area (Å²) in [6.07, 6.45) is 1.03. The van der Waals surface area contributed by atoms with Gasteiger partial charge >= 0.3 is 0 Å². The molecule has 6 heteroatoms. The van der Waals surface area contributed by atoms with Crippen molar-refractivity contribution in [1.29, 1.82) is 0 Å². The summed E-state index contributed by atoms with van der Waals surface area (Å²) in [5.41, 5.74) is 5.89. The van der Waals surface area contributed by atoms with Crippen LogP contribution in [0.3, 0.4) is 0 Å². The zero-order valence-corrected chi connectivity index (χ0v) is 17.5. The van der Waals surface area contributed by atoms with Gasteiger partial charge in [-0.15, -0.1) is 0 Å².